The van der Waals surface area contributed by atoms with Crippen LogP contribution in [0.2, 0.25) is 5.02 Å². The van der Waals surface area contributed by atoms with E-state index in [1.807, 2.05) is 66.9 Å². The van der Waals surface area contributed by atoms with Gasteiger partial charge in [-0.15, -0.1) is 10.2 Å². The van der Waals surface area contributed by atoms with E-state index in [9.17, 15) is 18.0 Å². The molecule has 0 saturated heterocycles. The van der Waals surface area contributed by atoms with Crippen molar-refractivity contribution in [2.75, 3.05) is 11.1 Å². The Morgan fingerprint density at radius 2 is 1.74 bits per heavy atom. The average molecular weight is 517 g/mol. The Balaban J connectivity index is 1.60. The van der Waals surface area contributed by atoms with E-state index in [2.05, 4.69) is 15.5 Å². The van der Waals surface area contributed by atoms with Crippen molar-refractivity contribution in [3.05, 3.63) is 88.4 Å². The lowest BCUT2D eigenvalue weighted by molar-refractivity contribution is -0.137. The van der Waals surface area contributed by atoms with E-state index in [1.165, 1.54) is 0 Å². The Bertz CT molecular complexity index is 1370. The lowest BCUT2D eigenvalue weighted by Crippen LogP contribution is -2.16. The number of anilines is 1. The largest absolute Gasteiger partial charge is 0.416 e. The topological polar surface area (TPSA) is 59.8 Å². The van der Waals surface area contributed by atoms with Crippen molar-refractivity contribution in [3.63, 3.8) is 0 Å². The van der Waals surface area contributed by atoms with E-state index in [0.29, 0.717) is 11.0 Å². The number of hydrogen-bond donors (Lipinski definition) is 1. The van der Waals surface area contributed by atoms with Crippen molar-refractivity contribution in [2.45, 2.75) is 25.2 Å². The number of carbonyl (C=O) groups excluding carboxylic acids is 1. The second kappa shape index (κ2) is 10.1. The molecule has 3 aromatic carbocycles. The Morgan fingerprint density at radius 3 is 2.43 bits per heavy atom. The second-order valence-electron chi connectivity index (χ2n) is 7.81. The van der Waals surface area contributed by atoms with Gasteiger partial charge >= 0.3 is 6.18 Å². The number of aromatic nitrogens is 3. The lowest BCUT2D eigenvalue weighted by Gasteiger charge is -2.13. The quantitative estimate of drug-likeness (QED) is 0.282. The summed E-state index contributed by atoms with van der Waals surface area (Å²) in [4.78, 5) is 12.6. The van der Waals surface area contributed by atoms with Crippen LogP contribution in [0.5, 0.6) is 0 Å². The van der Waals surface area contributed by atoms with E-state index in [1.54, 1.807) is 0 Å². The molecule has 4 rings (SSSR count). The minimum atomic E-state index is -4.55. The highest BCUT2D eigenvalue weighted by Crippen LogP contribution is 2.34. The van der Waals surface area contributed by atoms with Crippen molar-refractivity contribution >= 4 is 35.0 Å². The molecular formula is C25H20ClF3N4OS. The highest BCUT2D eigenvalue weighted by atomic mass is 35.5. The molecule has 0 radical (unpaired) electrons. The number of amides is 1. The SMILES string of the molecule is Cc1ccc(-n2c(SCC(=O)Nc3cc(C(F)(F)F)ccc3Cl)nnc2-c2ccccc2)cc1C. The molecule has 1 aromatic heterocycles. The molecule has 4 aromatic rings. The van der Waals surface area contributed by atoms with E-state index < -0.39 is 17.6 Å². The highest BCUT2D eigenvalue weighted by Gasteiger charge is 2.31. The summed E-state index contributed by atoms with van der Waals surface area (Å²) in [5, 5.41) is 11.6. The number of thioether (sulfide) groups is 1. The van der Waals surface area contributed by atoms with Crippen LogP contribution in [0.4, 0.5) is 18.9 Å². The van der Waals surface area contributed by atoms with Gasteiger partial charge in [0.15, 0.2) is 11.0 Å². The normalized spacial score (nSPS) is 11.5. The van der Waals surface area contributed by atoms with Crippen LogP contribution in [0.15, 0.2) is 71.9 Å². The van der Waals surface area contributed by atoms with E-state index in [0.717, 1.165) is 52.3 Å². The fourth-order valence-electron chi connectivity index (χ4n) is 3.35. The molecule has 10 heteroatoms. The monoisotopic (exact) mass is 516 g/mol. The zero-order valence-corrected chi connectivity index (χ0v) is 20.3. The molecular weight excluding hydrogens is 497 g/mol. The third-order valence-corrected chi connectivity index (χ3v) is 6.57. The molecule has 0 aliphatic rings. The van der Waals surface area contributed by atoms with Crippen LogP contribution in [-0.4, -0.2) is 26.4 Å². The molecule has 0 atom stereocenters. The summed E-state index contributed by atoms with van der Waals surface area (Å²) in [6.45, 7) is 4.02. The molecule has 0 aliphatic carbocycles. The molecule has 5 nitrogen and oxygen atoms in total. The number of alkyl halides is 3. The zero-order valence-electron chi connectivity index (χ0n) is 18.7. The Hall–Kier alpha value is -3.30. The first-order valence-corrected chi connectivity index (χ1v) is 11.9. The van der Waals surface area contributed by atoms with Crippen molar-refractivity contribution < 1.29 is 18.0 Å². The standard InChI is InChI=1S/C25H20ClF3N4OS/c1-15-8-10-19(12-16(15)2)33-23(17-6-4-3-5-7-17)31-32-24(33)35-14-22(34)30-21-13-18(25(27,28)29)9-11-20(21)26/h3-13H,14H2,1-2H3,(H,30,34). The number of carbonyl (C=O) groups is 1. The van der Waals surface area contributed by atoms with Gasteiger partial charge in [-0.2, -0.15) is 13.2 Å². The second-order valence-corrected chi connectivity index (χ2v) is 9.16. The van der Waals surface area contributed by atoms with Gasteiger partial charge in [0, 0.05) is 5.56 Å². The molecule has 1 N–H and O–H groups in total. The first-order valence-electron chi connectivity index (χ1n) is 10.5. The maximum Gasteiger partial charge on any atom is 0.416 e. The molecule has 1 amide bonds. The van der Waals surface area contributed by atoms with Gasteiger partial charge in [0.2, 0.25) is 5.91 Å². The Labute approximate surface area is 209 Å². The van der Waals surface area contributed by atoms with Crippen LogP contribution in [0, 0.1) is 13.8 Å². The minimum absolute atomic E-state index is 0.0148. The van der Waals surface area contributed by atoms with Crippen LogP contribution >= 0.6 is 23.4 Å². The summed E-state index contributed by atoms with van der Waals surface area (Å²) in [7, 11) is 0. The first-order chi connectivity index (χ1) is 16.6. The number of rotatable bonds is 6. The summed E-state index contributed by atoms with van der Waals surface area (Å²) in [6, 6.07) is 18.3. The molecule has 0 fully saturated rings. The van der Waals surface area contributed by atoms with E-state index in [4.69, 9.17) is 11.6 Å². The van der Waals surface area contributed by atoms with Gasteiger partial charge in [0.05, 0.1) is 27.7 Å². The molecule has 0 spiro atoms. The van der Waals surface area contributed by atoms with Crippen LogP contribution in [-0.2, 0) is 11.0 Å². The maximum atomic E-state index is 13.0. The van der Waals surface area contributed by atoms with E-state index >= 15 is 0 Å². The lowest BCUT2D eigenvalue weighted by atomic mass is 10.1. The van der Waals surface area contributed by atoms with Gasteiger partial charge in [0.25, 0.3) is 0 Å². The van der Waals surface area contributed by atoms with Crippen LogP contribution in [0.25, 0.3) is 17.1 Å². The van der Waals surface area contributed by atoms with Crippen LogP contribution in [0.1, 0.15) is 16.7 Å². The van der Waals surface area contributed by atoms with Crippen molar-refractivity contribution in [1.29, 1.82) is 0 Å². The number of nitrogens with one attached hydrogen (secondary N) is 1. The summed E-state index contributed by atoms with van der Waals surface area (Å²) in [6.07, 6.45) is -4.55. The van der Waals surface area contributed by atoms with Gasteiger partial charge in [-0.1, -0.05) is 59.8 Å². The molecule has 0 bridgehead atoms. The summed E-state index contributed by atoms with van der Waals surface area (Å²) >= 11 is 7.12. The van der Waals surface area contributed by atoms with Crippen molar-refractivity contribution in [3.8, 4) is 17.1 Å². The molecule has 0 aliphatic heterocycles. The Kier molecular flexibility index (Phi) is 7.18. The van der Waals surface area contributed by atoms with Crippen molar-refractivity contribution in [2.24, 2.45) is 0 Å². The van der Waals surface area contributed by atoms with Gasteiger partial charge in [-0.3, -0.25) is 9.36 Å². The number of halogens is 4. The number of benzene rings is 3. The number of aryl methyl sites for hydroxylation is 2. The average Bonchev–Trinajstić information content (AvgIpc) is 3.25. The fourth-order valence-corrected chi connectivity index (χ4v) is 4.27. The van der Waals surface area contributed by atoms with Gasteiger partial charge in [-0.05, 0) is 55.3 Å². The zero-order chi connectivity index (χ0) is 25.2. The predicted molar refractivity (Wildman–Crippen MR) is 132 cm³/mol. The Morgan fingerprint density at radius 1 is 1.00 bits per heavy atom. The molecule has 0 saturated carbocycles. The summed E-state index contributed by atoms with van der Waals surface area (Å²) < 4.78 is 40.9. The predicted octanol–water partition coefficient (Wildman–Crippen LogP) is 6.95. The third kappa shape index (κ3) is 5.68. The molecule has 0 unspecified atom stereocenters. The van der Waals surface area contributed by atoms with E-state index in [-0.39, 0.29) is 16.5 Å². The smallest absolute Gasteiger partial charge is 0.324 e. The van der Waals surface area contributed by atoms with Crippen molar-refractivity contribution in [1.82, 2.24) is 14.8 Å². The van der Waals surface area contributed by atoms with Crippen LogP contribution in [0.3, 0.4) is 0 Å². The summed E-state index contributed by atoms with van der Waals surface area (Å²) in [5.41, 5.74) is 2.91. The maximum absolute atomic E-state index is 13.0. The summed E-state index contributed by atoms with van der Waals surface area (Å²) in [5.74, 6) is -0.0190. The molecule has 1 heterocycles. The molecule has 35 heavy (non-hydrogen) atoms. The fraction of sp³-hybridized carbons (Fsp3) is 0.160. The minimum Gasteiger partial charge on any atom is -0.324 e. The first kappa shape index (κ1) is 24.8. The van der Waals surface area contributed by atoms with Gasteiger partial charge in [0.1, 0.15) is 0 Å². The number of hydrogen-bond acceptors (Lipinski definition) is 4. The molecule has 180 valence electrons. The van der Waals surface area contributed by atoms with Crippen LogP contribution < -0.4 is 5.32 Å². The third-order valence-electron chi connectivity index (χ3n) is 5.31. The highest BCUT2D eigenvalue weighted by molar-refractivity contribution is 7.99. The van der Waals surface area contributed by atoms with Gasteiger partial charge < -0.3 is 5.32 Å². The van der Waals surface area contributed by atoms with Gasteiger partial charge in [-0.25, -0.2) is 0 Å². The number of nitrogens with zero attached hydrogens (tertiary/aromatic N) is 3.